The minimum absolute atomic E-state index is 0.0157. The van der Waals surface area contributed by atoms with Gasteiger partial charge >= 0.3 is 6.09 Å². The third-order valence-electron chi connectivity index (χ3n) is 4.94. The lowest BCUT2D eigenvalue weighted by Gasteiger charge is -2.17. The van der Waals surface area contributed by atoms with Gasteiger partial charge in [0.15, 0.2) is 9.84 Å². The highest BCUT2D eigenvalue weighted by Gasteiger charge is 2.33. The molecule has 3 heterocycles. The number of anilines is 1. The maximum atomic E-state index is 14.7. The largest absolute Gasteiger partial charge is 0.442 e. The van der Waals surface area contributed by atoms with Crippen LogP contribution >= 0.6 is 0 Å². The summed E-state index contributed by atoms with van der Waals surface area (Å²) in [5.41, 5.74) is 2.28. The lowest BCUT2D eigenvalue weighted by Crippen LogP contribution is -2.26. The lowest BCUT2D eigenvalue weighted by atomic mass is 10.0. The second-order valence-corrected chi connectivity index (χ2v) is 9.16. The van der Waals surface area contributed by atoms with E-state index in [2.05, 4.69) is 10.3 Å². The Labute approximate surface area is 161 Å². The molecule has 1 saturated heterocycles. The van der Waals surface area contributed by atoms with Crippen LogP contribution in [0.25, 0.3) is 5.57 Å². The van der Waals surface area contributed by atoms with E-state index in [1.165, 1.54) is 11.0 Å². The molecule has 2 aliphatic heterocycles. The molecule has 8 nitrogen and oxygen atoms in total. The van der Waals surface area contributed by atoms with Gasteiger partial charge in [0.05, 0.1) is 42.2 Å². The molecule has 0 unspecified atom stereocenters. The Morgan fingerprint density at radius 3 is 2.82 bits per heavy atom. The average Bonchev–Trinajstić information content (AvgIpc) is 3.21. The van der Waals surface area contributed by atoms with Crippen LogP contribution < -0.4 is 4.90 Å². The third kappa shape index (κ3) is 3.64. The van der Waals surface area contributed by atoms with Crippen molar-refractivity contribution in [2.24, 2.45) is 0 Å². The number of ether oxygens (including phenoxy) is 1. The summed E-state index contributed by atoms with van der Waals surface area (Å²) in [6.45, 7) is 2.50. The fourth-order valence-electron chi connectivity index (χ4n) is 3.37. The second kappa shape index (κ2) is 7.01. The van der Waals surface area contributed by atoms with Gasteiger partial charge in [-0.25, -0.2) is 22.3 Å². The summed E-state index contributed by atoms with van der Waals surface area (Å²) in [5.74, 6) is -0.556. The molecule has 0 spiro atoms. The summed E-state index contributed by atoms with van der Waals surface area (Å²) >= 11 is 0. The van der Waals surface area contributed by atoms with Gasteiger partial charge in [-0.2, -0.15) is 0 Å². The first-order valence-corrected chi connectivity index (χ1v) is 10.7. The molecule has 0 bridgehead atoms. The van der Waals surface area contributed by atoms with Crippen LogP contribution in [-0.4, -0.2) is 53.7 Å². The minimum Gasteiger partial charge on any atom is -0.442 e. The minimum atomic E-state index is -3.08. The van der Waals surface area contributed by atoms with Gasteiger partial charge in [-0.1, -0.05) is 11.3 Å². The molecule has 1 fully saturated rings. The molecule has 4 rings (SSSR count). The number of aryl methyl sites for hydroxylation is 1. The molecule has 0 radical (unpaired) electrons. The first-order valence-electron chi connectivity index (χ1n) is 8.85. The molecular weight excluding hydrogens is 387 g/mol. The van der Waals surface area contributed by atoms with Crippen molar-refractivity contribution in [3.63, 3.8) is 0 Å². The van der Waals surface area contributed by atoms with Gasteiger partial charge < -0.3 is 4.74 Å². The van der Waals surface area contributed by atoms with Gasteiger partial charge in [0.1, 0.15) is 11.9 Å². The molecule has 2 aliphatic rings. The van der Waals surface area contributed by atoms with Crippen molar-refractivity contribution in [2.75, 3.05) is 23.0 Å². The maximum Gasteiger partial charge on any atom is 0.414 e. The zero-order valence-corrected chi connectivity index (χ0v) is 16.0. The number of carbonyl (C=O) groups is 1. The highest BCUT2D eigenvalue weighted by Crippen LogP contribution is 2.30. The molecule has 1 aromatic carbocycles. The Kier molecular flexibility index (Phi) is 4.66. The highest BCUT2D eigenvalue weighted by molar-refractivity contribution is 7.91. The molecule has 0 aliphatic carbocycles. The number of sulfone groups is 1. The SMILES string of the molecule is Cc1cnnn1C[C@H]1CN(c2ccc(C3=CCS(=O)(=O)CC3)c(F)c2)C(=O)O1. The van der Waals surface area contributed by atoms with Gasteiger partial charge in [-0.05, 0) is 37.1 Å². The van der Waals surface area contributed by atoms with E-state index >= 15 is 0 Å². The zero-order chi connectivity index (χ0) is 19.9. The van der Waals surface area contributed by atoms with Crippen LogP contribution in [0.3, 0.4) is 0 Å². The first kappa shape index (κ1) is 18.6. The average molecular weight is 406 g/mol. The number of nitrogens with zero attached hydrogens (tertiary/aromatic N) is 4. The standard InChI is InChI=1S/C18H19FN4O4S/c1-12-9-20-21-23(12)11-15-10-22(18(24)27-15)14-2-3-16(17(19)8-14)13-4-6-28(25,26)7-5-13/h2-4,8-9,15H,5-7,10-11H2,1H3/t15-/m1/s1. The Balaban J connectivity index is 1.50. The number of amides is 1. The van der Waals surface area contributed by atoms with Crippen LogP contribution in [0.5, 0.6) is 0 Å². The van der Waals surface area contributed by atoms with E-state index in [0.717, 1.165) is 5.69 Å². The van der Waals surface area contributed by atoms with Crippen molar-refractivity contribution < 1.29 is 22.3 Å². The van der Waals surface area contributed by atoms with Crippen LogP contribution in [0.1, 0.15) is 17.7 Å². The number of hydrogen-bond donors (Lipinski definition) is 0. The predicted octanol–water partition coefficient (Wildman–Crippen LogP) is 1.95. The summed E-state index contributed by atoms with van der Waals surface area (Å²) in [5, 5.41) is 7.74. The van der Waals surface area contributed by atoms with Crippen LogP contribution in [0.2, 0.25) is 0 Å². The molecule has 1 atom stereocenters. The van der Waals surface area contributed by atoms with E-state index in [9.17, 15) is 17.6 Å². The summed E-state index contributed by atoms with van der Waals surface area (Å²) in [6.07, 6.45) is 2.49. The summed E-state index contributed by atoms with van der Waals surface area (Å²) < 4.78 is 44.8. The van der Waals surface area contributed by atoms with Gasteiger partial charge in [-0.15, -0.1) is 5.10 Å². The summed E-state index contributed by atoms with van der Waals surface area (Å²) in [4.78, 5) is 13.6. The van der Waals surface area contributed by atoms with Crippen LogP contribution in [-0.2, 0) is 21.1 Å². The molecule has 1 amide bonds. The van der Waals surface area contributed by atoms with E-state index in [0.29, 0.717) is 23.4 Å². The van der Waals surface area contributed by atoms with Crippen molar-refractivity contribution in [3.05, 3.63) is 47.5 Å². The Morgan fingerprint density at radius 2 is 2.18 bits per heavy atom. The second-order valence-electron chi connectivity index (χ2n) is 6.93. The first-order chi connectivity index (χ1) is 13.3. The molecule has 0 saturated carbocycles. The number of rotatable bonds is 4. The van der Waals surface area contributed by atoms with E-state index in [-0.39, 0.29) is 24.5 Å². The van der Waals surface area contributed by atoms with Crippen molar-refractivity contribution in [1.29, 1.82) is 0 Å². The van der Waals surface area contributed by atoms with Gasteiger partial charge in [0, 0.05) is 5.56 Å². The van der Waals surface area contributed by atoms with E-state index in [1.54, 1.807) is 29.1 Å². The summed E-state index contributed by atoms with van der Waals surface area (Å²) in [7, 11) is -3.08. The quantitative estimate of drug-likeness (QED) is 0.770. The van der Waals surface area contributed by atoms with Crippen LogP contribution in [0, 0.1) is 12.7 Å². The van der Waals surface area contributed by atoms with Gasteiger partial charge in [0.25, 0.3) is 0 Å². The number of hydrogen-bond acceptors (Lipinski definition) is 6. The van der Waals surface area contributed by atoms with Crippen molar-refractivity contribution in [2.45, 2.75) is 26.0 Å². The van der Waals surface area contributed by atoms with E-state index in [1.807, 2.05) is 6.92 Å². The number of cyclic esters (lactones) is 1. The van der Waals surface area contributed by atoms with Crippen LogP contribution in [0.15, 0.2) is 30.5 Å². The number of allylic oxidation sites excluding steroid dienone is 1. The van der Waals surface area contributed by atoms with Gasteiger partial charge in [0.2, 0.25) is 0 Å². The molecular formula is C18H19FN4O4S. The van der Waals surface area contributed by atoms with Crippen molar-refractivity contribution >= 4 is 27.2 Å². The van der Waals surface area contributed by atoms with Gasteiger partial charge in [-0.3, -0.25) is 4.90 Å². The fourth-order valence-corrected chi connectivity index (χ4v) is 4.52. The Hall–Kier alpha value is -2.75. The van der Waals surface area contributed by atoms with E-state index < -0.39 is 27.9 Å². The fraction of sp³-hybridized carbons (Fsp3) is 0.389. The topological polar surface area (TPSA) is 94.4 Å². The van der Waals surface area contributed by atoms with E-state index in [4.69, 9.17) is 4.74 Å². The molecule has 0 N–H and O–H groups in total. The lowest BCUT2D eigenvalue weighted by molar-refractivity contribution is 0.128. The molecule has 10 heteroatoms. The Morgan fingerprint density at radius 1 is 1.36 bits per heavy atom. The van der Waals surface area contributed by atoms with Crippen LogP contribution in [0.4, 0.5) is 14.9 Å². The number of benzene rings is 1. The Bertz CT molecular complexity index is 1060. The normalized spacial score (nSPS) is 21.5. The summed E-state index contributed by atoms with van der Waals surface area (Å²) in [6, 6.07) is 4.51. The maximum absolute atomic E-state index is 14.7. The number of halogens is 1. The smallest absolute Gasteiger partial charge is 0.414 e. The molecule has 2 aromatic rings. The van der Waals surface area contributed by atoms with Crippen molar-refractivity contribution in [1.82, 2.24) is 15.0 Å². The molecule has 148 valence electrons. The molecule has 1 aromatic heterocycles. The van der Waals surface area contributed by atoms with Crippen molar-refractivity contribution in [3.8, 4) is 0 Å². The highest BCUT2D eigenvalue weighted by atomic mass is 32.2. The number of aromatic nitrogens is 3. The number of carbonyl (C=O) groups excluding carboxylic acids is 1. The zero-order valence-electron chi connectivity index (χ0n) is 15.2. The monoisotopic (exact) mass is 406 g/mol. The molecule has 28 heavy (non-hydrogen) atoms. The predicted molar refractivity (Wildman–Crippen MR) is 100 cm³/mol. The third-order valence-corrected chi connectivity index (χ3v) is 6.44.